The predicted octanol–water partition coefficient (Wildman–Crippen LogP) is 1.59. The normalized spacial score (nSPS) is 24.2. The van der Waals surface area contributed by atoms with E-state index in [0.717, 1.165) is 19.5 Å². The summed E-state index contributed by atoms with van der Waals surface area (Å²) in [6.45, 7) is 4.74. The molecule has 4 rings (SSSR count). The van der Waals surface area contributed by atoms with E-state index < -0.39 is 0 Å². The number of nitrogens with zero attached hydrogens (tertiary/aromatic N) is 4. The molecule has 0 aliphatic carbocycles. The highest BCUT2D eigenvalue weighted by molar-refractivity contribution is 6.00. The number of likely N-dealkylation sites (tertiary alicyclic amines) is 1. The van der Waals surface area contributed by atoms with Crippen LogP contribution in [0.5, 0.6) is 0 Å². The highest BCUT2D eigenvalue weighted by Crippen LogP contribution is 2.29. The molecule has 7 nitrogen and oxygen atoms in total. The van der Waals surface area contributed by atoms with Gasteiger partial charge >= 0.3 is 0 Å². The molecule has 4 heterocycles. The van der Waals surface area contributed by atoms with Crippen molar-refractivity contribution in [2.45, 2.75) is 25.5 Å². The van der Waals surface area contributed by atoms with Crippen molar-refractivity contribution >= 4 is 5.91 Å². The molecule has 132 valence electrons. The lowest BCUT2D eigenvalue weighted by Gasteiger charge is -2.46. The van der Waals surface area contributed by atoms with Gasteiger partial charge in [0.2, 0.25) is 0 Å². The molecule has 2 atom stereocenters. The third kappa shape index (κ3) is 2.94. The van der Waals surface area contributed by atoms with Crippen LogP contribution in [0, 0.1) is 6.92 Å². The fourth-order valence-electron chi connectivity index (χ4n) is 3.73. The van der Waals surface area contributed by atoms with Crippen molar-refractivity contribution in [3.05, 3.63) is 35.7 Å². The van der Waals surface area contributed by atoms with E-state index in [1.165, 1.54) is 0 Å². The Bertz CT molecular complexity index is 761. The van der Waals surface area contributed by atoms with Crippen LogP contribution in [-0.2, 0) is 4.74 Å². The molecule has 2 saturated heterocycles. The van der Waals surface area contributed by atoms with Crippen LogP contribution in [0.25, 0.3) is 11.4 Å². The Balaban J connectivity index is 1.68. The second kappa shape index (κ2) is 6.57. The molecule has 2 aromatic heterocycles. The predicted molar refractivity (Wildman–Crippen MR) is 91.1 cm³/mol. The second-order valence-electron chi connectivity index (χ2n) is 6.70. The Kier molecular flexibility index (Phi) is 4.27. The molecule has 0 saturated carbocycles. The van der Waals surface area contributed by atoms with E-state index >= 15 is 0 Å². The average molecular weight is 342 g/mol. The largest absolute Gasteiger partial charge is 0.374 e. The van der Waals surface area contributed by atoms with Crippen molar-refractivity contribution in [2.75, 3.05) is 33.3 Å². The van der Waals surface area contributed by atoms with Crippen LogP contribution < -0.4 is 0 Å². The van der Waals surface area contributed by atoms with Crippen LogP contribution in [0.3, 0.4) is 0 Å². The Labute approximate surface area is 146 Å². The summed E-state index contributed by atoms with van der Waals surface area (Å²) in [6.07, 6.45) is 2.74. The number of pyridine rings is 1. The summed E-state index contributed by atoms with van der Waals surface area (Å²) >= 11 is 0. The third-order valence-electron chi connectivity index (χ3n) is 5.03. The molecule has 7 heteroatoms. The van der Waals surface area contributed by atoms with E-state index in [1.807, 2.05) is 23.1 Å². The first-order valence-electron chi connectivity index (χ1n) is 8.64. The first-order valence-corrected chi connectivity index (χ1v) is 8.64. The number of hydrogen-bond acceptors (Lipinski definition) is 6. The first kappa shape index (κ1) is 16.2. The Morgan fingerprint density at radius 1 is 1.32 bits per heavy atom. The van der Waals surface area contributed by atoms with Crippen molar-refractivity contribution < 1.29 is 14.1 Å². The quantitative estimate of drug-likeness (QED) is 0.825. The summed E-state index contributed by atoms with van der Waals surface area (Å²) < 4.78 is 11.2. The van der Waals surface area contributed by atoms with Crippen molar-refractivity contribution in [3.63, 3.8) is 0 Å². The first-order chi connectivity index (χ1) is 12.1. The molecule has 0 radical (unpaired) electrons. The van der Waals surface area contributed by atoms with E-state index in [2.05, 4.69) is 22.1 Å². The van der Waals surface area contributed by atoms with Gasteiger partial charge in [0.05, 0.1) is 24.4 Å². The fraction of sp³-hybridized carbons (Fsp3) is 0.500. The lowest BCUT2D eigenvalue weighted by Crippen LogP contribution is -2.60. The Morgan fingerprint density at radius 2 is 2.20 bits per heavy atom. The number of ether oxygens (including phenoxy) is 1. The number of piperidine rings is 1. The van der Waals surface area contributed by atoms with Gasteiger partial charge in [-0.2, -0.15) is 0 Å². The minimum absolute atomic E-state index is 0.0481. The highest BCUT2D eigenvalue weighted by atomic mass is 16.5. The Hall–Kier alpha value is -2.25. The van der Waals surface area contributed by atoms with Gasteiger partial charge in [0.1, 0.15) is 17.0 Å². The maximum absolute atomic E-state index is 13.4. The van der Waals surface area contributed by atoms with E-state index in [0.29, 0.717) is 35.9 Å². The summed E-state index contributed by atoms with van der Waals surface area (Å²) in [5, 5.41) is 4.09. The Morgan fingerprint density at radius 3 is 3.00 bits per heavy atom. The summed E-state index contributed by atoms with van der Waals surface area (Å²) in [5.74, 6) is 0.478. The van der Waals surface area contributed by atoms with Gasteiger partial charge < -0.3 is 19.1 Å². The molecule has 1 amide bonds. The zero-order valence-corrected chi connectivity index (χ0v) is 14.5. The number of fused-ring (bicyclic) bond motifs is 1. The minimum Gasteiger partial charge on any atom is -0.374 e. The fourth-order valence-corrected chi connectivity index (χ4v) is 3.73. The topological polar surface area (TPSA) is 71.7 Å². The lowest BCUT2D eigenvalue weighted by atomic mass is 9.97. The molecule has 0 spiro atoms. The standard InChI is InChI=1S/C18H22N4O3/c1-12-16(17(20-25-12)13-5-3-4-7-19-13)18(23)22-9-10-24-15-6-8-21(2)11-14(15)22/h3-5,7,14-15H,6,8-11H2,1-2H3/t14-,15+/m0/s1. The molecule has 2 aliphatic rings. The van der Waals surface area contributed by atoms with E-state index in [4.69, 9.17) is 9.26 Å². The SMILES string of the molecule is Cc1onc(-c2ccccn2)c1C(=O)N1CCO[C@@H]2CCN(C)C[C@@H]21. The lowest BCUT2D eigenvalue weighted by molar-refractivity contribution is -0.0870. The number of carbonyl (C=O) groups is 1. The van der Waals surface area contributed by atoms with Gasteiger partial charge in [0.15, 0.2) is 0 Å². The van der Waals surface area contributed by atoms with Gasteiger partial charge in [-0.3, -0.25) is 9.78 Å². The van der Waals surface area contributed by atoms with Crippen LogP contribution in [0.4, 0.5) is 0 Å². The van der Waals surface area contributed by atoms with Crippen molar-refractivity contribution in [3.8, 4) is 11.4 Å². The molecular formula is C18H22N4O3. The molecule has 25 heavy (non-hydrogen) atoms. The molecule has 2 aromatic rings. The molecule has 0 aromatic carbocycles. The minimum atomic E-state index is -0.0481. The maximum atomic E-state index is 13.4. The summed E-state index contributed by atoms with van der Waals surface area (Å²) in [7, 11) is 2.08. The van der Waals surface area contributed by atoms with E-state index in [9.17, 15) is 4.79 Å². The number of rotatable bonds is 2. The van der Waals surface area contributed by atoms with E-state index in [-0.39, 0.29) is 18.1 Å². The van der Waals surface area contributed by atoms with Gasteiger partial charge in [-0.05, 0) is 32.5 Å². The highest BCUT2D eigenvalue weighted by Gasteiger charge is 2.40. The molecule has 2 fully saturated rings. The number of carbonyl (C=O) groups excluding carboxylic acids is 1. The average Bonchev–Trinajstić information content (AvgIpc) is 3.03. The summed E-state index contributed by atoms with van der Waals surface area (Å²) in [6, 6.07) is 5.61. The van der Waals surface area contributed by atoms with Crippen molar-refractivity contribution in [1.82, 2.24) is 19.9 Å². The number of likely N-dealkylation sites (N-methyl/N-ethyl adjacent to an activating group) is 1. The summed E-state index contributed by atoms with van der Waals surface area (Å²) in [4.78, 5) is 21.9. The smallest absolute Gasteiger partial charge is 0.260 e. The monoisotopic (exact) mass is 342 g/mol. The third-order valence-corrected chi connectivity index (χ3v) is 5.03. The van der Waals surface area contributed by atoms with Crippen LogP contribution in [0.15, 0.2) is 28.9 Å². The van der Waals surface area contributed by atoms with E-state index in [1.54, 1.807) is 13.1 Å². The van der Waals surface area contributed by atoms with Crippen LogP contribution in [-0.4, -0.2) is 71.3 Å². The second-order valence-corrected chi connectivity index (χ2v) is 6.70. The van der Waals surface area contributed by atoms with Crippen LogP contribution in [0.2, 0.25) is 0 Å². The molecule has 0 unspecified atom stereocenters. The molecule has 0 N–H and O–H groups in total. The van der Waals surface area contributed by atoms with Crippen molar-refractivity contribution in [2.24, 2.45) is 0 Å². The van der Waals surface area contributed by atoms with Crippen LogP contribution >= 0.6 is 0 Å². The van der Waals surface area contributed by atoms with Crippen molar-refractivity contribution in [1.29, 1.82) is 0 Å². The van der Waals surface area contributed by atoms with Gasteiger partial charge in [-0.25, -0.2) is 0 Å². The zero-order chi connectivity index (χ0) is 17.4. The van der Waals surface area contributed by atoms with Gasteiger partial charge in [-0.1, -0.05) is 11.2 Å². The number of aromatic nitrogens is 2. The van der Waals surface area contributed by atoms with Gasteiger partial charge in [0.25, 0.3) is 5.91 Å². The maximum Gasteiger partial charge on any atom is 0.260 e. The van der Waals surface area contributed by atoms with Crippen LogP contribution in [0.1, 0.15) is 22.5 Å². The summed E-state index contributed by atoms with van der Waals surface area (Å²) in [5.41, 5.74) is 1.66. The number of amides is 1. The molecule has 2 aliphatic heterocycles. The molecular weight excluding hydrogens is 320 g/mol. The molecule has 0 bridgehead atoms. The number of aryl methyl sites for hydroxylation is 1. The van der Waals surface area contributed by atoms with Gasteiger partial charge in [-0.15, -0.1) is 0 Å². The number of morpholine rings is 1. The van der Waals surface area contributed by atoms with Gasteiger partial charge in [0, 0.05) is 25.8 Å². The number of hydrogen-bond donors (Lipinski definition) is 0. The zero-order valence-electron chi connectivity index (χ0n) is 14.5.